The number of carbonyl (C=O) groups excluding carboxylic acids is 2. The first-order valence-corrected chi connectivity index (χ1v) is 6.74. The number of ether oxygens (including phenoxy) is 1. The standard InChI is InChI=1S/C17H17NO3/c1-12(2)17(20)21-15-10-8-13(9-11-15)16(19)18-14-6-4-3-5-7-14/h3-12H,1-2H3,(H,18,19). The molecule has 1 amide bonds. The lowest BCUT2D eigenvalue weighted by molar-refractivity contribution is -0.137. The van der Waals surface area contributed by atoms with Gasteiger partial charge < -0.3 is 10.1 Å². The molecule has 0 spiro atoms. The minimum atomic E-state index is -0.295. The van der Waals surface area contributed by atoms with Gasteiger partial charge in [0.2, 0.25) is 0 Å². The lowest BCUT2D eigenvalue weighted by atomic mass is 10.2. The highest BCUT2D eigenvalue weighted by molar-refractivity contribution is 6.04. The first kappa shape index (κ1) is 14.8. The maximum atomic E-state index is 12.0. The van der Waals surface area contributed by atoms with Crippen molar-refractivity contribution in [2.24, 2.45) is 5.92 Å². The number of hydrogen-bond acceptors (Lipinski definition) is 3. The molecular weight excluding hydrogens is 266 g/mol. The summed E-state index contributed by atoms with van der Waals surface area (Å²) >= 11 is 0. The molecule has 2 rings (SSSR count). The number of carbonyl (C=O) groups is 2. The molecule has 0 aliphatic carbocycles. The molecule has 21 heavy (non-hydrogen) atoms. The third-order valence-corrected chi connectivity index (χ3v) is 2.84. The van der Waals surface area contributed by atoms with Gasteiger partial charge in [-0.3, -0.25) is 9.59 Å². The van der Waals surface area contributed by atoms with Crippen molar-refractivity contribution in [1.82, 2.24) is 0 Å². The van der Waals surface area contributed by atoms with E-state index in [0.717, 1.165) is 5.69 Å². The van der Waals surface area contributed by atoms with Crippen LogP contribution < -0.4 is 10.1 Å². The van der Waals surface area contributed by atoms with Crippen molar-refractivity contribution in [1.29, 1.82) is 0 Å². The minimum Gasteiger partial charge on any atom is -0.426 e. The number of nitrogens with one attached hydrogen (secondary N) is 1. The van der Waals surface area contributed by atoms with E-state index in [1.54, 1.807) is 38.1 Å². The summed E-state index contributed by atoms with van der Waals surface area (Å²) in [5.74, 6) is -0.254. The average Bonchev–Trinajstić information content (AvgIpc) is 2.48. The van der Waals surface area contributed by atoms with Crippen LogP contribution in [0, 0.1) is 5.92 Å². The van der Waals surface area contributed by atoms with Crippen LogP contribution in [-0.2, 0) is 4.79 Å². The lowest BCUT2D eigenvalue weighted by Gasteiger charge is -2.08. The Morgan fingerprint density at radius 3 is 2.14 bits per heavy atom. The third kappa shape index (κ3) is 4.18. The third-order valence-electron chi connectivity index (χ3n) is 2.84. The predicted octanol–water partition coefficient (Wildman–Crippen LogP) is 3.50. The number of para-hydroxylation sites is 1. The van der Waals surface area contributed by atoms with Crippen LogP contribution in [0.25, 0.3) is 0 Å². The van der Waals surface area contributed by atoms with Crippen molar-refractivity contribution in [2.75, 3.05) is 5.32 Å². The maximum Gasteiger partial charge on any atom is 0.313 e. The van der Waals surface area contributed by atoms with Crippen LogP contribution in [0.1, 0.15) is 24.2 Å². The summed E-state index contributed by atoms with van der Waals surface area (Å²) in [6.07, 6.45) is 0. The van der Waals surface area contributed by atoms with E-state index in [1.165, 1.54) is 0 Å². The second-order valence-corrected chi connectivity index (χ2v) is 4.92. The number of anilines is 1. The zero-order valence-electron chi connectivity index (χ0n) is 12.0. The van der Waals surface area contributed by atoms with Crippen LogP contribution in [0.15, 0.2) is 54.6 Å². The number of esters is 1. The quantitative estimate of drug-likeness (QED) is 0.690. The van der Waals surface area contributed by atoms with Gasteiger partial charge in [-0.25, -0.2) is 0 Å². The number of benzene rings is 2. The monoisotopic (exact) mass is 283 g/mol. The summed E-state index contributed by atoms with van der Waals surface area (Å²) in [6, 6.07) is 15.7. The van der Waals surface area contributed by atoms with E-state index in [2.05, 4.69) is 5.32 Å². The fourth-order valence-electron chi connectivity index (χ4n) is 1.63. The van der Waals surface area contributed by atoms with Crippen LogP contribution in [0.5, 0.6) is 5.75 Å². The lowest BCUT2D eigenvalue weighted by Crippen LogP contribution is -2.15. The van der Waals surface area contributed by atoms with Gasteiger partial charge in [-0.05, 0) is 36.4 Å². The Hall–Kier alpha value is -2.62. The molecule has 108 valence electrons. The van der Waals surface area contributed by atoms with Gasteiger partial charge in [0, 0.05) is 11.3 Å². The molecular formula is C17H17NO3. The molecule has 2 aromatic rings. The molecule has 0 aromatic heterocycles. The van der Waals surface area contributed by atoms with Gasteiger partial charge in [-0.15, -0.1) is 0 Å². The molecule has 2 aromatic carbocycles. The van der Waals surface area contributed by atoms with E-state index in [0.29, 0.717) is 11.3 Å². The van der Waals surface area contributed by atoms with Gasteiger partial charge in [-0.2, -0.15) is 0 Å². The molecule has 4 nitrogen and oxygen atoms in total. The van der Waals surface area contributed by atoms with Crippen LogP contribution >= 0.6 is 0 Å². The van der Waals surface area contributed by atoms with Gasteiger partial charge >= 0.3 is 5.97 Å². The fraction of sp³-hybridized carbons (Fsp3) is 0.176. The molecule has 0 unspecified atom stereocenters. The highest BCUT2D eigenvalue weighted by atomic mass is 16.5. The van der Waals surface area contributed by atoms with Gasteiger partial charge in [-0.1, -0.05) is 32.0 Å². The summed E-state index contributed by atoms with van der Waals surface area (Å²) < 4.78 is 5.16. The summed E-state index contributed by atoms with van der Waals surface area (Å²) in [5.41, 5.74) is 1.24. The molecule has 0 aliphatic rings. The van der Waals surface area contributed by atoms with E-state index in [1.807, 2.05) is 30.3 Å². The molecule has 0 radical (unpaired) electrons. The first-order chi connectivity index (χ1) is 10.1. The zero-order chi connectivity index (χ0) is 15.2. The first-order valence-electron chi connectivity index (χ1n) is 6.74. The molecule has 4 heteroatoms. The minimum absolute atomic E-state index is 0.189. The normalized spacial score (nSPS) is 10.2. The largest absolute Gasteiger partial charge is 0.426 e. The van der Waals surface area contributed by atoms with Crippen molar-refractivity contribution in [2.45, 2.75) is 13.8 Å². The summed E-state index contributed by atoms with van der Waals surface area (Å²) in [5, 5.41) is 2.79. The van der Waals surface area contributed by atoms with E-state index in [4.69, 9.17) is 4.74 Å². The highest BCUT2D eigenvalue weighted by Gasteiger charge is 2.11. The van der Waals surface area contributed by atoms with Crippen LogP contribution in [0.4, 0.5) is 5.69 Å². The van der Waals surface area contributed by atoms with E-state index >= 15 is 0 Å². The Kier molecular flexibility index (Phi) is 4.72. The zero-order valence-corrected chi connectivity index (χ0v) is 12.0. The van der Waals surface area contributed by atoms with Crippen molar-refractivity contribution < 1.29 is 14.3 Å². The molecule has 1 N–H and O–H groups in total. The summed E-state index contributed by atoms with van der Waals surface area (Å²) in [4.78, 5) is 23.5. The Morgan fingerprint density at radius 1 is 0.952 bits per heavy atom. The molecule has 0 bridgehead atoms. The fourth-order valence-corrected chi connectivity index (χ4v) is 1.63. The SMILES string of the molecule is CC(C)C(=O)Oc1ccc(C(=O)Nc2ccccc2)cc1. The maximum absolute atomic E-state index is 12.0. The van der Waals surface area contributed by atoms with Gasteiger partial charge in [0.25, 0.3) is 5.91 Å². The molecule has 0 saturated heterocycles. The van der Waals surface area contributed by atoms with Gasteiger partial charge in [0.1, 0.15) is 5.75 Å². The summed E-state index contributed by atoms with van der Waals surface area (Å²) in [6.45, 7) is 3.54. The topological polar surface area (TPSA) is 55.4 Å². The van der Waals surface area contributed by atoms with Crippen molar-refractivity contribution in [3.05, 3.63) is 60.2 Å². The Labute approximate surface area is 123 Å². The van der Waals surface area contributed by atoms with Crippen LogP contribution in [-0.4, -0.2) is 11.9 Å². The van der Waals surface area contributed by atoms with Gasteiger partial charge in [0.05, 0.1) is 5.92 Å². The second kappa shape index (κ2) is 6.70. The Bertz CT molecular complexity index is 618. The predicted molar refractivity (Wildman–Crippen MR) is 81.3 cm³/mol. The average molecular weight is 283 g/mol. The number of amides is 1. The molecule has 0 heterocycles. The van der Waals surface area contributed by atoms with Crippen molar-refractivity contribution >= 4 is 17.6 Å². The number of rotatable bonds is 4. The Morgan fingerprint density at radius 2 is 1.57 bits per heavy atom. The molecule has 0 fully saturated rings. The smallest absolute Gasteiger partial charge is 0.313 e. The van der Waals surface area contributed by atoms with Crippen LogP contribution in [0.3, 0.4) is 0 Å². The van der Waals surface area contributed by atoms with Crippen LogP contribution in [0.2, 0.25) is 0 Å². The summed E-state index contributed by atoms with van der Waals surface area (Å²) in [7, 11) is 0. The van der Waals surface area contributed by atoms with Crippen molar-refractivity contribution in [3.8, 4) is 5.75 Å². The van der Waals surface area contributed by atoms with E-state index in [-0.39, 0.29) is 17.8 Å². The second-order valence-electron chi connectivity index (χ2n) is 4.92. The van der Waals surface area contributed by atoms with E-state index < -0.39 is 0 Å². The number of hydrogen-bond donors (Lipinski definition) is 1. The van der Waals surface area contributed by atoms with Gasteiger partial charge in [0.15, 0.2) is 0 Å². The molecule has 0 atom stereocenters. The highest BCUT2D eigenvalue weighted by Crippen LogP contribution is 2.15. The van der Waals surface area contributed by atoms with Crippen molar-refractivity contribution in [3.63, 3.8) is 0 Å². The van der Waals surface area contributed by atoms with E-state index in [9.17, 15) is 9.59 Å². The Balaban J connectivity index is 2.01. The molecule has 0 aliphatic heterocycles. The molecule has 0 saturated carbocycles.